The Balaban J connectivity index is 2.17. The number of nitrogens with zero attached hydrogens (tertiary/aromatic N) is 2. The molecule has 0 aliphatic rings. The first-order chi connectivity index (χ1) is 9.63. The van der Waals surface area contributed by atoms with Gasteiger partial charge in [0, 0.05) is 6.07 Å². The van der Waals surface area contributed by atoms with E-state index in [-0.39, 0.29) is 6.61 Å². The standard InChI is InChI=1S/C14H12IN3O2/c1-19-13-4-2-3-10(18-13)8-20-14-11(15)5-9(7-16)6-12(14)17/h2-6H,8,17H2,1H3. The summed E-state index contributed by atoms with van der Waals surface area (Å²) in [6.07, 6.45) is 0. The molecule has 0 aliphatic carbocycles. The molecule has 2 N–H and O–H groups in total. The van der Waals surface area contributed by atoms with Gasteiger partial charge in [0.1, 0.15) is 6.61 Å². The van der Waals surface area contributed by atoms with Crippen LogP contribution in [0.2, 0.25) is 0 Å². The van der Waals surface area contributed by atoms with Gasteiger partial charge in [-0.25, -0.2) is 4.98 Å². The van der Waals surface area contributed by atoms with Crippen molar-refractivity contribution in [2.45, 2.75) is 6.61 Å². The summed E-state index contributed by atoms with van der Waals surface area (Å²) in [6.45, 7) is 0.281. The number of hydrogen-bond acceptors (Lipinski definition) is 5. The lowest BCUT2D eigenvalue weighted by molar-refractivity contribution is 0.297. The molecule has 5 nitrogen and oxygen atoms in total. The fourth-order valence-corrected chi connectivity index (χ4v) is 2.43. The molecule has 0 spiro atoms. The number of halogens is 1. The molecule has 1 aromatic heterocycles. The number of nitrogen functional groups attached to an aromatic ring is 1. The third-order valence-corrected chi connectivity index (χ3v) is 3.36. The number of benzene rings is 1. The van der Waals surface area contributed by atoms with Gasteiger partial charge in [0.25, 0.3) is 0 Å². The number of nitrogens with two attached hydrogens (primary N) is 1. The summed E-state index contributed by atoms with van der Waals surface area (Å²) in [5, 5.41) is 8.87. The van der Waals surface area contributed by atoms with Crippen LogP contribution in [0, 0.1) is 14.9 Å². The van der Waals surface area contributed by atoms with E-state index in [4.69, 9.17) is 20.5 Å². The van der Waals surface area contributed by atoms with Crippen LogP contribution in [0.15, 0.2) is 30.3 Å². The number of nitriles is 1. The summed E-state index contributed by atoms with van der Waals surface area (Å²) in [5.74, 6) is 1.10. The molecule has 0 atom stereocenters. The Labute approximate surface area is 130 Å². The molecular weight excluding hydrogens is 369 g/mol. The number of hydrogen-bond donors (Lipinski definition) is 1. The third kappa shape index (κ3) is 3.30. The molecule has 0 saturated heterocycles. The zero-order valence-electron chi connectivity index (χ0n) is 10.8. The summed E-state index contributed by atoms with van der Waals surface area (Å²) in [6, 6.07) is 10.8. The molecule has 0 aliphatic heterocycles. The predicted octanol–water partition coefficient (Wildman–Crippen LogP) is 2.73. The number of methoxy groups -OCH3 is 1. The van der Waals surface area contributed by atoms with Gasteiger partial charge < -0.3 is 15.2 Å². The van der Waals surface area contributed by atoms with Crippen molar-refractivity contribution >= 4 is 28.3 Å². The van der Waals surface area contributed by atoms with Crippen molar-refractivity contribution in [1.82, 2.24) is 4.98 Å². The van der Waals surface area contributed by atoms with Gasteiger partial charge >= 0.3 is 0 Å². The first-order valence-electron chi connectivity index (χ1n) is 5.76. The van der Waals surface area contributed by atoms with Gasteiger partial charge in [0.15, 0.2) is 5.75 Å². The van der Waals surface area contributed by atoms with Crippen molar-refractivity contribution in [1.29, 1.82) is 5.26 Å². The van der Waals surface area contributed by atoms with Crippen molar-refractivity contribution < 1.29 is 9.47 Å². The van der Waals surface area contributed by atoms with E-state index in [1.807, 2.05) is 12.1 Å². The normalized spacial score (nSPS) is 9.85. The predicted molar refractivity (Wildman–Crippen MR) is 83.4 cm³/mol. The Morgan fingerprint density at radius 1 is 1.40 bits per heavy atom. The molecule has 2 rings (SSSR count). The van der Waals surface area contributed by atoms with E-state index < -0.39 is 0 Å². The van der Waals surface area contributed by atoms with Gasteiger partial charge in [-0.15, -0.1) is 0 Å². The van der Waals surface area contributed by atoms with Gasteiger partial charge in [0.05, 0.1) is 33.7 Å². The maximum atomic E-state index is 8.87. The smallest absolute Gasteiger partial charge is 0.213 e. The van der Waals surface area contributed by atoms with Crippen molar-refractivity contribution in [2.24, 2.45) is 0 Å². The molecule has 0 bridgehead atoms. The maximum absolute atomic E-state index is 8.87. The van der Waals surface area contributed by atoms with Crippen LogP contribution in [0.25, 0.3) is 0 Å². The minimum Gasteiger partial charge on any atom is -0.484 e. The molecular formula is C14H12IN3O2. The quantitative estimate of drug-likeness (QED) is 0.651. The van der Waals surface area contributed by atoms with Gasteiger partial charge in [-0.2, -0.15) is 5.26 Å². The maximum Gasteiger partial charge on any atom is 0.213 e. The monoisotopic (exact) mass is 381 g/mol. The van der Waals surface area contributed by atoms with Gasteiger partial charge in [-0.05, 0) is 40.8 Å². The summed E-state index contributed by atoms with van der Waals surface area (Å²) in [5.41, 5.74) is 7.59. The number of pyridine rings is 1. The molecule has 0 amide bonds. The van der Waals surface area contributed by atoms with Gasteiger partial charge in [-0.1, -0.05) is 6.07 Å². The minimum atomic E-state index is 0.281. The van der Waals surface area contributed by atoms with Crippen LogP contribution in [-0.4, -0.2) is 12.1 Å². The van der Waals surface area contributed by atoms with Gasteiger partial charge in [0.2, 0.25) is 5.88 Å². The highest BCUT2D eigenvalue weighted by Crippen LogP contribution is 2.30. The second-order valence-electron chi connectivity index (χ2n) is 3.95. The molecule has 1 aromatic carbocycles. The van der Waals surface area contributed by atoms with Crippen molar-refractivity contribution in [2.75, 3.05) is 12.8 Å². The second-order valence-corrected chi connectivity index (χ2v) is 5.11. The van der Waals surface area contributed by atoms with E-state index in [0.717, 1.165) is 9.26 Å². The summed E-state index contributed by atoms with van der Waals surface area (Å²) in [7, 11) is 1.56. The molecule has 102 valence electrons. The molecule has 0 fully saturated rings. The Morgan fingerprint density at radius 3 is 2.85 bits per heavy atom. The number of rotatable bonds is 4. The van der Waals surface area contributed by atoms with Crippen molar-refractivity contribution in [3.8, 4) is 17.7 Å². The van der Waals surface area contributed by atoms with Crippen LogP contribution >= 0.6 is 22.6 Å². The van der Waals surface area contributed by atoms with E-state index >= 15 is 0 Å². The Kier molecular flexibility index (Phi) is 4.63. The van der Waals surface area contributed by atoms with E-state index in [9.17, 15) is 0 Å². The van der Waals surface area contributed by atoms with Crippen LogP contribution in [-0.2, 0) is 6.61 Å². The van der Waals surface area contributed by atoms with E-state index in [2.05, 4.69) is 33.6 Å². The average Bonchev–Trinajstić information content (AvgIpc) is 2.46. The number of aromatic nitrogens is 1. The third-order valence-electron chi connectivity index (χ3n) is 2.56. The van der Waals surface area contributed by atoms with Crippen LogP contribution < -0.4 is 15.2 Å². The highest BCUT2D eigenvalue weighted by atomic mass is 127. The van der Waals surface area contributed by atoms with Gasteiger partial charge in [-0.3, -0.25) is 0 Å². The zero-order valence-corrected chi connectivity index (χ0v) is 12.9. The summed E-state index contributed by atoms with van der Waals surface area (Å²) < 4.78 is 11.5. The van der Waals surface area contributed by atoms with Crippen molar-refractivity contribution in [3.63, 3.8) is 0 Å². The molecule has 2 aromatic rings. The highest BCUT2D eigenvalue weighted by molar-refractivity contribution is 14.1. The average molecular weight is 381 g/mol. The fraction of sp³-hybridized carbons (Fsp3) is 0.143. The van der Waals surface area contributed by atoms with E-state index in [1.165, 1.54) is 0 Å². The topological polar surface area (TPSA) is 81.2 Å². The molecule has 6 heteroatoms. The van der Waals surface area contributed by atoms with E-state index in [1.54, 1.807) is 25.3 Å². The van der Waals surface area contributed by atoms with Crippen molar-refractivity contribution in [3.05, 3.63) is 45.2 Å². The molecule has 1 heterocycles. The second kappa shape index (κ2) is 6.43. The fourth-order valence-electron chi connectivity index (χ4n) is 1.63. The SMILES string of the molecule is COc1cccc(COc2c(N)cc(C#N)cc2I)n1. The van der Waals surface area contributed by atoms with Crippen LogP contribution in [0.1, 0.15) is 11.3 Å². The largest absolute Gasteiger partial charge is 0.484 e. The summed E-state index contributed by atoms with van der Waals surface area (Å²) in [4.78, 5) is 4.26. The molecule has 0 saturated carbocycles. The minimum absolute atomic E-state index is 0.281. The number of ether oxygens (including phenoxy) is 2. The van der Waals surface area contributed by atoms with Crippen LogP contribution in [0.5, 0.6) is 11.6 Å². The lowest BCUT2D eigenvalue weighted by Crippen LogP contribution is -2.03. The summed E-state index contributed by atoms with van der Waals surface area (Å²) >= 11 is 2.09. The number of anilines is 1. The Morgan fingerprint density at radius 2 is 2.20 bits per heavy atom. The first-order valence-corrected chi connectivity index (χ1v) is 6.83. The van der Waals surface area contributed by atoms with Crippen LogP contribution in [0.3, 0.4) is 0 Å². The van der Waals surface area contributed by atoms with Crippen LogP contribution in [0.4, 0.5) is 5.69 Å². The molecule has 0 unspecified atom stereocenters. The zero-order chi connectivity index (χ0) is 14.5. The molecule has 20 heavy (non-hydrogen) atoms. The Hall–Kier alpha value is -2.01. The lowest BCUT2D eigenvalue weighted by atomic mass is 10.2. The molecule has 0 radical (unpaired) electrons. The first kappa shape index (κ1) is 14.4. The lowest BCUT2D eigenvalue weighted by Gasteiger charge is -2.11. The Bertz CT molecular complexity index is 645. The highest BCUT2D eigenvalue weighted by Gasteiger charge is 2.09. The van der Waals surface area contributed by atoms with E-state index in [0.29, 0.717) is 22.9 Å².